The van der Waals surface area contributed by atoms with Crippen LogP contribution in [0.15, 0.2) is 0 Å². The molecule has 2 bridgehead atoms. The molecule has 4 aliphatic rings. The minimum atomic E-state index is -5.98. The van der Waals surface area contributed by atoms with E-state index in [1.54, 1.807) is 0 Å². The Labute approximate surface area is 191 Å². The number of rotatable bonds is 7. The van der Waals surface area contributed by atoms with E-state index in [1.165, 1.54) is 0 Å². The number of alkyl halides is 2. The average Bonchev–Trinajstić information content (AvgIpc) is 3.40. The van der Waals surface area contributed by atoms with E-state index < -0.39 is 51.5 Å². The first kappa shape index (κ1) is 25.2. The zero-order valence-electron chi connectivity index (χ0n) is 18.2. The molecule has 4 aliphatic carbocycles. The standard InChI is InChI=1S/C21H32F2O9S/c22-21(23,33(28,29)30)18(25)32-17(24)11-31-16-9-12-8-13(16)15(19(26)5-1-2-6-19)10-20(27)7-3-4-14(12)20/h12-16,18,25-27H,1-11H2,(H,28,29,30). The summed E-state index contributed by atoms with van der Waals surface area (Å²) in [4.78, 5) is 12.0. The van der Waals surface area contributed by atoms with Gasteiger partial charge in [0.1, 0.15) is 6.61 Å². The second kappa shape index (κ2) is 8.63. The van der Waals surface area contributed by atoms with Crippen LogP contribution in [-0.2, 0) is 24.4 Å². The van der Waals surface area contributed by atoms with E-state index in [2.05, 4.69) is 4.74 Å². The molecule has 0 spiro atoms. The van der Waals surface area contributed by atoms with E-state index >= 15 is 0 Å². The van der Waals surface area contributed by atoms with Gasteiger partial charge in [-0.3, -0.25) is 4.55 Å². The zero-order valence-corrected chi connectivity index (χ0v) is 19.1. The maximum atomic E-state index is 13.4. The summed E-state index contributed by atoms with van der Waals surface area (Å²) in [5, 5.41) is 27.0. The fraction of sp³-hybridized carbons (Fsp3) is 0.952. The fourth-order valence-electron chi connectivity index (χ4n) is 7.03. The second-order valence-electron chi connectivity index (χ2n) is 10.3. The van der Waals surface area contributed by atoms with Crippen LogP contribution in [0, 0.1) is 23.7 Å². The van der Waals surface area contributed by atoms with E-state index in [4.69, 9.17) is 9.29 Å². The van der Waals surface area contributed by atoms with Crippen LogP contribution < -0.4 is 0 Å². The van der Waals surface area contributed by atoms with Crippen LogP contribution in [0.3, 0.4) is 0 Å². The molecule has 190 valence electrons. The Hall–Kier alpha value is -0.920. The highest BCUT2D eigenvalue weighted by atomic mass is 32.2. The highest BCUT2D eigenvalue weighted by molar-refractivity contribution is 7.86. The molecular weight excluding hydrogens is 466 g/mol. The van der Waals surface area contributed by atoms with Crippen LogP contribution >= 0.6 is 0 Å². The highest BCUT2D eigenvalue weighted by Gasteiger charge is 2.60. The van der Waals surface area contributed by atoms with Crippen LogP contribution in [0.2, 0.25) is 0 Å². The van der Waals surface area contributed by atoms with Gasteiger partial charge in [-0.15, -0.1) is 0 Å². The van der Waals surface area contributed by atoms with E-state index in [0.717, 1.165) is 32.1 Å². The minimum absolute atomic E-state index is 0.0748. The van der Waals surface area contributed by atoms with Crippen molar-refractivity contribution in [3.63, 3.8) is 0 Å². The van der Waals surface area contributed by atoms with Crippen LogP contribution in [0.25, 0.3) is 0 Å². The van der Waals surface area contributed by atoms with Crippen LogP contribution in [0.5, 0.6) is 0 Å². The summed E-state index contributed by atoms with van der Waals surface area (Å²) in [5.41, 5.74) is -1.75. The molecule has 33 heavy (non-hydrogen) atoms. The summed E-state index contributed by atoms with van der Waals surface area (Å²) < 4.78 is 66.5. The molecule has 0 aromatic heterocycles. The minimum Gasteiger partial charge on any atom is -0.426 e. The number of fused-ring (bicyclic) bond motifs is 4. The lowest BCUT2D eigenvalue weighted by Crippen LogP contribution is -2.48. The first-order valence-electron chi connectivity index (χ1n) is 11.6. The van der Waals surface area contributed by atoms with Crippen molar-refractivity contribution in [2.75, 3.05) is 6.61 Å². The molecule has 0 heterocycles. The highest BCUT2D eigenvalue weighted by Crippen LogP contribution is 2.59. The first-order valence-corrected chi connectivity index (χ1v) is 13.0. The Kier molecular flexibility index (Phi) is 6.59. The van der Waals surface area contributed by atoms with Gasteiger partial charge in [-0.25, -0.2) is 4.79 Å². The lowest BCUT2D eigenvalue weighted by Gasteiger charge is -2.43. The quantitative estimate of drug-likeness (QED) is 0.233. The van der Waals surface area contributed by atoms with E-state index in [9.17, 15) is 37.3 Å². The normalized spacial score (nSPS) is 39.2. The van der Waals surface area contributed by atoms with Crippen LogP contribution in [-0.4, -0.2) is 69.7 Å². The average molecular weight is 499 g/mol. The van der Waals surface area contributed by atoms with Gasteiger partial charge < -0.3 is 24.8 Å². The largest absolute Gasteiger partial charge is 0.430 e. The molecule has 0 amide bonds. The van der Waals surface area contributed by atoms with Crippen molar-refractivity contribution in [2.45, 2.75) is 93.1 Å². The van der Waals surface area contributed by atoms with Crippen molar-refractivity contribution in [3.8, 4) is 0 Å². The summed E-state index contributed by atoms with van der Waals surface area (Å²) in [6.45, 7) is -0.799. The molecule has 4 fully saturated rings. The Bertz CT molecular complexity index is 860. The summed E-state index contributed by atoms with van der Waals surface area (Å²) in [5.74, 6) is -1.55. The number of carbonyl (C=O) groups is 1. The van der Waals surface area contributed by atoms with Crippen LogP contribution in [0.1, 0.15) is 64.2 Å². The molecule has 4 rings (SSSR count). The number of ether oxygens (including phenoxy) is 2. The third-order valence-corrected chi connectivity index (χ3v) is 9.40. The van der Waals surface area contributed by atoms with Crippen molar-refractivity contribution >= 4 is 16.1 Å². The molecule has 0 aliphatic heterocycles. The van der Waals surface area contributed by atoms with E-state index in [1.807, 2.05) is 0 Å². The van der Waals surface area contributed by atoms with Crippen molar-refractivity contribution in [2.24, 2.45) is 23.7 Å². The van der Waals surface area contributed by atoms with E-state index in [-0.39, 0.29) is 23.7 Å². The topological polar surface area (TPSA) is 151 Å². The van der Waals surface area contributed by atoms with Crippen molar-refractivity contribution in [3.05, 3.63) is 0 Å². The van der Waals surface area contributed by atoms with Gasteiger partial charge in [0.25, 0.3) is 6.29 Å². The third-order valence-electron chi connectivity index (χ3n) is 8.51. The molecule has 0 aromatic rings. The molecule has 0 saturated heterocycles. The Morgan fingerprint density at radius 1 is 1.06 bits per heavy atom. The molecule has 4 saturated carbocycles. The maximum Gasteiger partial charge on any atom is 0.430 e. The molecule has 0 radical (unpaired) electrons. The van der Waals surface area contributed by atoms with Gasteiger partial charge in [0, 0.05) is 0 Å². The maximum absolute atomic E-state index is 13.4. The van der Waals surface area contributed by atoms with Gasteiger partial charge in [-0.05, 0) is 68.6 Å². The van der Waals surface area contributed by atoms with Gasteiger partial charge in [-0.1, -0.05) is 19.3 Å². The van der Waals surface area contributed by atoms with Gasteiger partial charge in [0.2, 0.25) is 0 Å². The van der Waals surface area contributed by atoms with Gasteiger partial charge in [0.15, 0.2) is 0 Å². The Balaban J connectivity index is 1.45. The summed E-state index contributed by atoms with van der Waals surface area (Å²) in [7, 11) is -5.98. The van der Waals surface area contributed by atoms with Gasteiger partial charge in [-0.2, -0.15) is 17.2 Å². The zero-order chi connectivity index (χ0) is 24.2. The van der Waals surface area contributed by atoms with Gasteiger partial charge >= 0.3 is 21.3 Å². The summed E-state index contributed by atoms with van der Waals surface area (Å²) >= 11 is 0. The third kappa shape index (κ3) is 4.54. The summed E-state index contributed by atoms with van der Waals surface area (Å²) in [6.07, 6.45) is 3.41. The molecule has 7 unspecified atom stereocenters. The second-order valence-corrected chi connectivity index (χ2v) is 11.8. The van der Waals surface area contributed by atoms with Crippen molar-refractivity contribution in [1.82, 2.24) is 0 Å². The lowest BCUT2D eigenvalue weighted by molar-refractivity contribution is -0.210. The summed E-state index contributed by atoms with van der Waals surface area (Å²) in [6, 6.07) is 0. The Morgan fingerprint density at radius 3 is 2.33 bits per heavy atom. The van der Waals surface area contributed by atoms with Crippen molar-refractivity contribution < 1.29 is 51.3 Å². The molecule has 4 N–H and O–H groups in total. The molecule has 9 nitrogen and oxygen atoms in total. The molecule has 0 aromatic carbocycles. The molecule has 7 atom stereocenters. The Morgan fingerprint density at radius 2 is 1.70 bits per heavy atom. The molecule has 12 heteroatoms. The van der Waals surface area contributed by atoms with Crippen molar-refractivity contribution in [1.29, 1.82) is 0 Å². The number of hydrogen-bond donors (Lipinski definition) is 4. The van der Waals surface area contributed by atoms with Gasteiger partial charge in [0.05, 0.1) is 17.3 Å². The number of carbonyl (C=O) groups excluding carboxylic acids is 1. The molecular formula is C21H32F2O9S. The predicted octanol–water partition coefficient (Wildman–Crippen LogP) is 1.60. The number of hydrogen-bond acceptors (Lipinski definition) is 8. The monoisotopic (exact) mass is 498 g/mol. The predicted molar refractivity (Wildman–Crippen MR) is 108 cm³/mol. The first-order chi connectivity index (χ1) is 15.3. The number of halogens is 2. The smallest absolute Gasteiger partial charge is 0.426 e. The van der Waals surface area contributed by atoms with Crippen LogP contribution in [0.4, 0.5) is 8.78 Å². The fourth-order valence-corrected chi connectivity index (χ4v) is 7.34. The number of aliphatic hydroxyl groups excluding tert-OH is 1. The van der Waals surface area contributed by atoms with E-state index in [0.29, 0.717) is 32.1 Å². The number of aliphatic hydroxyl groups is 3. The number of esters is 1. The lowest BCUT2D eigenvalue weighted by atomic mass is 9.69. The SMILES string of the molecule is O=C(COC1CC2CC1C(C1(O)CCCC1)CC1(O)CCCC21)OC(O)C(F)(F)S(=O)(=O)O.